The standard InChI is InChI=1S/C17H21N7/c1-22-12-15(11-18-22)14-7-9-23(10-8-14)13-17-19-20-21-24(17)16-5-3-2-4-6-16/h2-6,11-12,14H,7-10,13H2,1H3. The molecule has 2 aromatic heterocycles. The zero-order chi connectivity index (χ0) is 16.4. The monoisotopic (exact) mass is 323 g/mol. The van der Waals surface area contributed by atoms with Crippen LogP contribution < -0.4 is 0 Å². The van der Waals surface area contributed by atoms with Crippen LogP contribution in [0.4, 0.5) is 0 Å². The summed E-state index contributed by atoms with van der Waals surface area (Å²) in [5.41, 5.74) is 2.36. The Morgan fingerprint density at radius 1 is 1.12 bits per heavy atom. The fraction of sp³-hybridized carbons (Fsp3) is 0.412. The van der Waals surface area contributed by atoms with Gasteiger partial charge in [0.25, 0.3) is 0 Å². The molecule has 0 unspecified atom stereocenters. The van der Waals surface area contributed by atoms with E-state index in [0.717, 1.165) is 44.0 Å². The molecule has 0 saturated carbocycles. The molecular formula is C17H21N7. The number of hydrogen-bond acceptors (Lipinski definition) is 5. The van der Waals surface area contributed by atoms with Crippen LogP contribution in [0.5, 0.6) is 0 Å². The third kappa shape index (κ3) is 3.07. The molecule has 1 aromatic carbocycles. The van der Waals surface area contributed by atoms with E-state index in [9.17, 15) is 0 Å². The SMILES string of the molecule is Cn1cc(C2CCN(Cc3nnnn3-c3ccccc3)CC2)cn1. The fourth-order valence-corrected chi connectivity index (χ4v) is 3.35. The lowest BCUT2D eigenvalue weighted by Crippen LogP contribution is -2.33. The number of likely N-dealkylation sites (tertiary alicyclic amines) is 1. The van der Waals surface area contributed by atoms with Gasteiger partial charge in [0.1, 0.15) is 0 Å². The normalized spacial score (nSPS) is 16.5. The molecule has 4 rings (SSSR count). The van der Waals surface area contributed by atoms with Gasteiger partial charge in [0, 0.05) is 13.2 Å². The Morgan fingerprint density at radius 3 is 2.62 bits per heavy atom. The minimum atomic E-state index is 0.611. The summed E-state index contributed by atoms with van der Waals surface area (Å²) in [5.74, 6) is 1.50. The van der Waals surface area contributed by atoms with Crippen LogP contribution in [0, 0.1) is 0 Å². The van der Waals surface area contributed by atoms with Crippen molar-refractivity contribution in [2.45, 2.75) is 25.3 Å². The summed E-state index contributed by atoms with van der Waals surface area (Å²) in [4.78, 5) is 2.43. The Kier molecular flexibility index (Phi) is 4.08. The highest BCUT2D eigenvalue weighted by Crippen LogP contribution is 2.28. The maximum absolute atomic E-state index is 4.29. The van der Waals surface area contributed by atoms with Crippen molar-refractivity contribution in [1.82, 2.24) is 34.9 Å². The highest BCUT2D eigenvalue weighted by molar-refractivity contribution is 5.30. The highest BCUT2D eigenvalue weighted by Gasteiger charge is 2.23. The summed E-state index contributed by atoms with van der Waals surface area (Å²) in [6.45, 7) is 2.89. The number of benzene rings is 1. The molecule has 1 fully saturated rings. The average Bonchev–Trinajstić information content (AvgIpc) is 3.25. The van der Waals surface area contributed by atoms with Crippen molar-refractivity contribution in [2.24, 2.45) is 7.05 Å². The second-order valence-electron chi connectivity index (χ2n) is 6.34. The smallest absolute Gasteiger partial charge is 0.170 e. The van der Waals surface area contributed by atoms with E-state index in [4.69, 9.17) is 0 Å². The summed E-state index contributed by atoms with van der Waals surface area (Å²) in [6.07, 6.45) is 6.43. The van der Waals surface area contributed by atoms with E-state index in [1.165, 1.54) is 5.56 Å². The Bertz CT molecular complexity index is 784. The molecule has 0 atom stereocenters. The van der Waals surface area contributed by atoms with Gasteiger partial charge in [-0.3, -0.25) is 9.58 Å². The predicted octanol–water partition coefficient (Wildman–Crippen LogP) is 1.78. The van der Waals surface area contributed by atoms with Gasteiger partial charge in [0.2, 0.25) is 0 Å². The molecule has 0 spiro atoms. The van der Waals surface area contributed by atoms with Crippen LogP contribution >= 0.6 is 0 Å². The maximum Gasteiger partial charge on any atom is 0.170 e. The van der Waals surface area contributed by atoms with E-state index in [1.54, 1.807) is 0 Å². The largest absolute Gasteiger partial charge is 0.296 e. The minimum absolute atomic E-state index is 0.611. The number of rotatable bonds is 4. The third-order valence-corrected chi connectivity index (χ3v) is 4.68. The Hall–Kier alpha value is -2.54. The Balaban J connectivity index is 1.40. The second kappa shape index (κ2) is 6.52. The van der Waals surface area contributed by atoms with Crippen molar-refractivity contribution in [1.29, 1.82) is 0 Å². The first kappa shape index (κ1) is 15.0. The van der Waals surface area contributed by atoms with Crippen LogP contribution in [0.3, 0.4) is 0 Å². The first-order chi connectivity index (χ1) is 11.8. The predicted molar refractivity (Wildman–Crippen MR) is 89.6 cm³/mol. The van der Waals surface area contributed by atoms with Crippen LogP contribution in [-0.2, 0) is 13.6 Å². The molecule has 124 valence electrons. The lowest BCUT2D eigenvalue weighted by Gasteiger charge is -2.31. The highest BCUT2D eigenvalue weighted by atomic mass is 15.5. The van der Waals surface area contributed by atoms with Crippen molar-refractivity contribution in [3.63, 3.8) is 0 Å². The van der Waals surface area contributed by atoms with Gasteiger partial charge in [-0.15, -0.1) is 5.10 Å². The van der Waals surface area contributed by atoms with Crippen molar-refractivity contribution in [2.75, 3.05) is 13.1 Å². The van der Waals surface area contributed by atoms with Gasteiger partial charge in [0.05, 0.1) is 18.4 Å². The average molecular weight is 323 g/mol. The Labute approximate surface area is 140 Å². The zero-order valence-corrected chi connectivity index (χ0v) is 13.8. The summed E-state index contributed by atoms with van der Waals surface area (Å²) in [7, 11) is 1.97. The first-order valence-corrected chi connectivity index (χ1v) is 8.33. The molecule has 0 bridgehead atoms. The summed E-state index contributed by atoms with van der Waals surface area (Å²) < 4.78 is 3.71. The van der Waals surface area contributed by atoms with E-state index >= 15 is 0 Å². The molecule has 3 aromatic rings. The minimum Gasteiger partial charge on any atom is -0.296 e. The van der Waals surface area contributed by atoms with Crippen molar-refractivity contribution >= 4 is 0 Å². The number of aryl methyl sites for hydroxylation is 1. The summed E-state index contributed by atoms with van der Waals surface area (Å²) in [5, 5.41) is 16.5. The summed E-state index contributed by atoms with van der Waals surface area (Å²) in [6, 6.07) is 10.0. The quantitative estimate of drug-likeness (QED) is 0.732. The van der Waals surface area contributed by atoms with Crippen LogP contribution in [0.15, 0.2) is 42.7 Å². The number of tetrazole rings is 1. The number of aromatic nitrogens is 6. The van der Waals surface area contributed by atoms with Gasteiger partial charge in [-0.1, -0.05) is 18.2 Å². The van der Waals surface area contributed by atoms with E-state index < -0.39 is 0 Å². The Morgan fingerprint density at radius 2 is 1.92 bits per heavy atom. The van der Waals surface area contributed by atoms with E-state index in [0.29, 0.717) is 5.92 Å². The van der Waals surface area contributed by atoms with Crippen molar-refractivity contribution < 1.29 is 0 Å². The van der Waals surface area contributed by atoms with Crippen molar-refractivity contribution in [3.05, 3.63) is 54.1 Å². The van der Waals surface area contributed by atoms with E-state index in [-0.39, 0.29) is 0 Å². The molecule has 0 amide bonds. The number of nitrogens with zero attached hydrogens (tertiary/aromatic N) is 7. The zero-order valence-electron chi connectivity index (χ0n) is 13.8. The lowest BCUT2D eigenvalue weighted by atomic mass is 9.91. The maximum atomic E-state index is 4.29. The van der Waals surface area contributed by atoms with E-state index in [1.807, 2.05) is 52.9 Å². The molecule has 0 N–H and O–H groups in total. The molecular weight excluding hydrogens is 302 g/mol. The third-order valence-electron chi connectivity index (χ3n) is 4.68. The molecule has 1 saturated heterocycles. The van der Waals surface area contributed by atoms with Gasteiger partial charge in [-0.2, -0.15) is 9.78 Å². The molecule has 7 nitrogen and oxygen atoms in total. The van der Waals surface area contributed by atoms with E-state index in [2.05, 4.69) is 31.7 Å². The molecule has 7 heteroatoms. The molecule has 24 heavy (non-hydrogen) atoms. The van der Waals surface area contributed by atoms with Gasteiger partial charge >= 0.3 is 0 Å². The van der Waals surface area contributed by atoms with Crippen LogP contribution in [0.2, 0.25) is 0 Å². The number of hydrogen-bond donors (Lipinski definition) is 0. The molecule has 0 aliphatic carbocycles. The topological polar surface area (TPSA) is 64.7 Å². The van der Waals surface area contributed by atoms with Gasteiger partial charge < -0.3 is 0 Å². The van der Waals surface area contributed by atoms with Gasteiger partial charge in [0.15, 0.2) is 5.82 Å². The van der Waals surface area contributed by atoms with Crippen molar-refractivity contribution in [3.8, 4) is 5.69 Å². The molecule has 1 aliphatic heterocycles. The molecule has 0 radical (unpaired) electrons. The van der Waals surface area contributed by atoms with Crippen LogP contribution in [-0.4, -0.2) is 48.0 Å². The summed E-state index contributed by atoms with van der Waals surface area (Å²) >= 11 is 0. The van der Waals surface area contributed by atoms with Crippen LogP contribution in [0.1, 0.15) is 30.1 Å². The van der Waals surface area contributed by atoms with Crippen LogP contribution in [0.25, 0.3) is 5.69 Å². The lowest BCUT2D eigenvalue weighted by molar-refractivity contribution is 0.199. The van der Waals surface area contributed by atoms with Gasteiger partial charge in [-0.25, -0.2) is 0 Å². The molecule has 1 aliphatic rings. The van der Waals surface area contributed by atoms with Gasteiger partial charge in [-0.05, 0) is 60.0 Å². The molecule has 3 heterocycles. The fourth-order valence-electron chi connectivity index (χ4n) is 3.35. The first-order valence-electron chi connectivity index (χ1n) is 8.33. The second-order valence-corrected chi connectivity index (χ2v) is 6.34. The number of piperidine rings is 1. The number of para-hydroxylation sites is 1.